The zero-order valence-corrected chi connectivity index (χ0v) is 12.0. The Morgan fingerprint density at radius 1 is 1.18 bits per heavy atom. The summed E-state index contributed by atoms with van der Waals surface area (Å²) in [5.41, 5.74) is 14.2. The topological polar surface area (TPSA) is 89.4 Å². The molecule has 2 amide bonds. The Morgan fingerprint density at radius 2 is 1.91 bits per heavy atom. The maximum atomic E-state index is 12.6. The number of nitrogens with two attached hydrogens (primary N) is 2. The third kappa shape index (κ3) is 2.58. The number of hydrogen-bond donors (Lipinski definition) is 2. The van der Waals surface area contributed by atoms with Crippen LogP contribution in [0.4, 0.5) is 5.69 Å². The fraction of sp³-hybridized carbons (Fsp3) is 0.176. The standard InChI is InChI=1S/C17H17N3O2/c18-15(16(19)21)9-11-6-7-12-10-20(17(22)14(12)8-11)13-4-2-1-3-5-13/h1-8,15H,9-10,18H2,(H2,19,21)/t15-/m0/s1. The van der Waals surface area contributed by atoms with Crippen LogP contribution in [0.15, 0.2) is 48.5 Å². The van der Waals surface area contributed by atoms with Gasteiger partial charge < -0.3 is 16.4 Å². The first-order chi connectivity index (χ1) is 10.6. The minimum Gasteiger partial charge on any atom is -0.368 e. The smallest absolute Gasteiger partial charge is 0.258 e. The third-order valence-electron chi connectivity index (χ3n) is 3.87. The van der Waals surface area contributed by atoms with Gasteiger partial charge in [-0.2, -0.15) is 0 Å². The summed E-state index contributed by atoms with van der Waals surface area (Å²) in [5.74, 6) is -0.576. The van der Waals surface area contributed by atoms with Crippen LogP contribution in [0.1, 0.15) is 21.5 Å². The number of fused-ring (bicyclic) bond motifs is 1. The van der Waals surface area contributed by atoms with Gasteiger partial charge in [0.15, 0.2) is 0 Å². The van der Waals surface area contributed by atoms with Gasteiger partial charge in [0.1, 0.15) is 0 Å². The molecule has 0 aliphatic carbocycles. The average molecular weight is 295 g/mol. The number of primary amides is 1. The summed E-state index contributed by atoms with van der Waals surface area (Å²) >= 11 is 0. The molecule has 4 N–H and O–H groups in total. The van der Waals surface area contributed by atoms with Gasteiger partial charge >= 0.3 is 0 Å². The fourth-order valence-corrected chi connectivity index (χ4v) is 2.65. The molecule has 0 spiro atoms. The molecule has 0 saturated carbocycles. The lowest BCUT2D eigenvalue weighted by Gasteiger charge is -2.15. The van der Waals surface area contributed by atoms with Gasteiger partial charge in [0.2, 0.25) is 5.91 Å². The van der Waals surface area contributed by atoms with Crippen LogP contribution in [-0.2, 0) is 17.8 Å². The van der Waals surface area contributed by atoms with Gasteiger partial charge in [-0.15, -0.1) is 0 Å². The molecule has 5 heteroatoms. The third-order valence-corrected chi connectivity index (χ3v) is 3.87. The number of amides is 2. The Balaban J connectivity index is 1.86. The first-order valence-electron chi connectivity index (χ1n) is 7.10. The van der Waals surface area contributed by atoms with Crippen molar-refractivity contribution in [2.75, 3.05) is 4.90 Å². The molecular weight excluding hydrogens is 278 g/mol. The fourth-order valence-electron chi connectivity index (χ4n) is 2.65. The van der Waals surface area contributed by atoms with Crippen LogP contribution in [0.25, 0.3) is 0 Å². The van der Waals surface area contributed by atoms with Crippen molar-refractivity contribution in [2.45, 2.75) is 19.0 Å². The summed E-state index contributed by atoms with van der Waals surface area (Å²) in [7, 11) is 0. The quantitative estimate of drug-likeness (QED) is 0.888. The molecule has 22 heavy (non-hydrogen) atoms. The largest absolute Gasteiger partial charge is 0.368 e. The predicted octanol–water partition coefficient (Wildman–Crippen LogP) is 1.20. The van der Waals surface area contributed by atoms with Gasteiger partial charge in [-0.05, 0) is 35.7 Å². The Bertz CT molecular complexity index is 728. The molecule has 3 rings (SSSR count). The van der Waals surface area contributed by atoms with Crippen LogP contribution in [0.3, 0.4) is 0 Å². The number of anilines is 1. The highest BCUT2D eigenvalue weighted by atomic mass is 16.2. The van der Waals surface area contributed by atoms with Crippen LogP contribution in [-0.4, -0.2) is 17.9 Å². The first kappa shape index (κ1) is 14.3. The molecule has 2 aromatic carbocycles. The van der Waals surface area contributed by atoms with E-state index in [0.717, 1.165) is 16.8 Å². The van der Waals surface area contributed by atoms with Crippen LogP contribution in [0.2, 0.25) is 0 Å². The van der Waals surface area contributed by atoms with E-state index in [2.05, 4.69) is 0 Å². The lowest BCUT2D eigenvalue weighted by atomic mass is 10.0. The van der Waals surface area contributed by atoms with E-state index in [1.807, 2.05) is 48.5 Å². The number of nitrogens with zero attached hydrogens (tertiary/aromatic N) is 1. The highest BCUT2D eigenvalue weighted by Crippen LogP contribution is 2.28. The molecule has 1 heterocycles. The summed E-state index contributed by atoms with van der Waals surface area (Å²) in [6, 6.07) is 14.4. The number of benzene rings is 2. The minimum absolute atomic E-state index is 0.0318. The van der Waals surface area contributed by atoms with Gasteiger partial charge in [-0.1, -0.05) is 30.3 Å². The predicted molar refractivity (Wildman–Crippen MR) is 84.3 cm³/mol. The molecule has 0 saturated heterocycles. The second kappa shape index (κ2) is 5.61. The zero-order valence-electron chi connectivity index (χ0n) is 12.0. The lowest BCUT2D eigenvalue weighted by Crippen LogP contribution is -2.38. The Hall–Kier alpha value is -2.66. The van der Waals surface area contributed by atoms with E-state index >= 15 is 0 Å². The van der Waals surface area contributed by atoms with Crippen molar-refractivity contribution in [3.63, 3.8) is 0 Å². The second-order valence-corrected chi connectivity index (χ2v) is 5.43. The van der Waals surface area contributed by atoms with Crippen molar-refractivity contribution in [1.82, 2.24) is 0 Å². The number of carbonyl (C=O) groups excluding carboxylic acids is 2. The molecule has 0 radical (unpaired) electrons. The molecule has 0 aromatic heterocycles. The normalized spacial score (nSPS) is 14.8. The molecule has 5 nitrogen and oxygen atoms in total. The van der Waals surface area contributed by atoms with Crippen molar-refractivity contribution in [3.05, 3.63) is 65.2 Å². The Labute approximate surface area is 128 Å². The van der Waals surface area contributed by atoms with E-state index in [0.29, 0.717) is 18.5 Å². The summed E-state index contributed by atoms with van der Waals surface area (Å²) in [6.45, 7) is 0.556. The monoisotopic (exact) mass is 295 g/mol. The first-order valence-corrected chi connectivity index (χ1v) is 7.10. The van der Waals surface area contributed by atoms with Crippen LogP contribution >= 0.6 is 0 Å². The SMILES string of the molecule is NC(=O)[C@@H](N)Cc1ccc2c(c1)C(=O)N(c1ccccc1)C2. The lowest BCUT2D eigenvalue weighted by molar-refractivity contribution is -0.119. The molecule has 0 bridgehead atoms. The van der Waals surface area contributed by atoms with Gasteiger partial charge in [0.05, 0.1) is 12.6 Å². The highest BCUT2D eigenvalue weighted by Gasteiger charge is 2.28. The molecule has 112 valence electrons. The van der Waals surface area contributed by atoms with Crippen molar-refractivity contribution < 1.29 is 9.59 Å². The van der Waals surface area contributed by atoms with Crippen LogP contribution in [0.5, 0.6) is 0 Å². The van der Waals surface area contributed by atoms with Crippen molar-refractivity contribution in [1.29, 1.82) is 0 Å². The zero-order chi connectivity index (χ0) is 15.7. The second-order valence-electron chi connectivity index (χ2n) is 5.43. The number of carbonyl (C=O) groups is 2. The van der Waals surface area contributed by atoms with Gasteiger partial charge in [0, 0.05) is 11.3 Å². The summed E-state index contributed by atoms with van der Waals surface area (Å²) in [4.78, 5) is 25.4. The minimum atomic E-state index is -0.736. The molecule has 1 aliphatic heterocycles. The van der Waals surface area contributed by atoms with Crippen molar-refractivity contribution in [2.24, 2.45) is 11.5 Å². The van der Waals surface area contributed by atoms with E-state index in [4.69, 9.17) is 11.5 Å². The maximum Gasteiger partial charge on any atom is 0.258 e. The van der Waals surface area contributed by atoms with E-state index in [1.165, 1.54) is 0 Å². The Kier molecular flexibility index (Phi) is 3.65. The van der Waals surface area contributed by atoms with Crippen LogP contribution < -0.4 is 16.4 Å². The Morgan fingerprint density at radius 3 is 2.59 bits per heavy atom. The summed E-state index contributed by atoms with van der Waals surface area (Å²) in [5, 5.41) is 0. The van der Waals surface area contributed by atoms with Crippen molar-refractivity contribution >= 4 is 17.5 Å². The molecule has 1 aliphatic rings. The van der Waals surface area contributed by atoms with Crippen LogP contribution in [0, 0.1) is 0 Å². The van der Waals surface area contributed by atoms with Gasteiger partial charge in [0.25, 0.3) is 5.91 Å². The van der Waals surface area contributed by atoms with E-state index in [-0.39, 0.29) is 5.91 Å². The molecular formula is C17H17N3O2. The van der Waals surface area contributed by atoms with Gasteiger partial charge in [-0.25, -0.2) is 0 Å². The average Bonchev–Trinajstić information content (AvgIpc) is 2.85. The highest BCUT2D eigenvalue weighted by molar-refractivity contribution is 6.10. The maximum absolute atomic E-state index is 12.6. The number of hydrogen-bond acceptors (Lipinski definition) is 3. The molecule has 0 fully saturated rings. The summed E-state index contributed by atoms with van der Waals surface area (Å²) < 4.78 is 0. The van der Waals surface area contributed by atoms with Gasteiger partial charge in [-0.3, -0.25) is 9.59 Å². The van der Waals surface area contributed by atoms with E-state index in [1.54, 1.807) is 4.90 Å². The summed E-state index contributed by atoms with van der Waals surface area (Å²) in [6.07, 6.45) is 0.335. The molecule has 1 atom stereocenters. The number of para-hydroxylation sites is 1. The molecule has 0 unspecified atom stereocenters. The van der Waals surface area contributed by atoms with E-state index < -0.39 is 11.9 Å². The van der Waals surface area contributed by atoms with E-state index in [9.17, 15) is 9.59 Å². The number of rotatable bonds is 4. The van der Waals surface area contributed by atoms with Crippen molar-refractivity contribution in [3.8, 4) is 0 Å². The molecule has 2 aromatic rings.